The number of halogens is 1. The van der Waals surface area contributed by atoms with E-state index in [1.807, 2.05) is 44.5 Å². The Balaban J connectivity index is 1.54. The lowest BCUT2D eigenvalue weighted by Crippen LogP contribution is -2.14. The van der Waals surface area contributed by atoms with Gasteiger partial charge in [-0.05, 0) is 43.5 Å². The molecule has 0 aliphatic rings. The number of carbonyl (C=O) groups is 1. The standard InChI is InChI=1S/C18H21ClN6O2S2/c1-5-15-22-23-17(29-15)20-14(26)9-28-18-24-21-13(25(18)4)8-27-12-6-10(2)16(19)11(3)7-12/h6-7H,5,8-9H2,1-4H3,(H,20,23,26). The number of aryl methyl sites for hydroxylation is 3. The van der Waals surface area contributed by atoms with Crippen molar-refractivity contribution in [2.24, 2.45) is 7.05 Å². The van der Waals surface area contributed by atoms with Crippen LogP contribution >= 0.6 is 34.7 Å². The molecule has 1 N–H and O–H groups in total. The zero-order valence-electron chi connectivity index (χ0n) is 16.5. The fraction of sp³-hybridized carbons (Fsp3) is 0.389. The summed E-state index contributed by atoms with van der Waals surface area (Å²) < 4.78 is 7.65. The van der Waals surface area contributed by atoms with E-state index in [9.17, 15) is 4.79 Å². The second-order valence-corrected chi connectivity index (χ2v) is 8.69. The number of rotatable bonds is 8. The number of hydrogen-bond donors (Lipinski definition) is 1. The molecular formula is C18H21ClN6O2S2. The Morgan fingerprint density at radius 1 is 1.24 bits per heavy atom. The van der Waals surface area contributed by atoms with E-state index in [0.717, 1.165) is 33.3 Å². The van der Waals surface area contributed by atoms with Gasteiger partial charge in [0, 0.05) is 12.1 Å². The summed E-state index contributed by atoms with van der Waals surface area (Å²) in [4.78, 5) is 12.1. The summed E-state index contributed by atoms with van der Waals surface area (Å²) in [5.74, 6) is 1.42. The van der Waals surface area contributed by atoms with E-state index < -0.39 is 0 Å². The molecule has 0 saturated carbocycles. The van der Waals surface area contributed by atoms with Gasteiger partial charge in [0.25, 0.3) is 0 Å². The highest BCUT2D eigenvalue weighted by molar-refractivity contribution is 7.99. The Hall–Kier alpha value is -2.17. The van der Waals surface area contributed by atoms with E-state index in [1.54, 1.807) is 0 Å². The molecule has 1 amide bonds. The van der Waals surface area contributed by atoms with Crippen molar-refractivity contribution in [3.63, 3.8) is 0 Å². The minimum absolute atomic E-state index is 0.165. The van der Waals surface area contributed by atoms with Crippen molar-refractivity contribution in [2.75, 3.05) is 11.1 Å². The number of anilines is 1. The van der Waals surface area contributed by atoms with E-state index in [2.05, 4.69) is 25.7 Å². The van der Waals surface area contributed by atoms with E-state index in [1.165, 1.54) is 23.1 Å². The zero-order chi connectivity index (χ0) is 21.0. The van der Waals surface area contributed by atoms with Crippen molar-refractivity contribution < 1.29 is 9.53 Å². The smallest absolute Gasteiger partial charge is 0.236 e. The van der Waals surface area contributed by atoms with Crippen LogP contribution in [0.25, 0.3) is 0 Å². The molecule has 0 spiro atoms. The van der Waals surface area contributed by atoms with Crippen LogP contribution in [0.4, 0.5) is 5.13 Å². The van der Waals surface area contributed by atoms with Gasteiger partial charge < -0.3 is 9.30 Å². The number of thioether (sulfide) groups is 1. The van der Waals surface area contributed by atoms with Gasteiger partial charge >= 0.3 is 0 Å². The first-order valence-corrected chi connectivity index (χ1v) is 11.1. The van der Waals surface area contributed by atoms with E-state index in [4.69, 9.17) is 16.3 Å². The van der Waals surface area contributed by atoms with E-state index >= 15 is 0 Å². The number of carbonyl (C=O) groups excluding carboxylic acids is 1. The van der Waals surface area contributed by atoms with Gasteiger partial charge in [-0.2, -0.15) is 0 Å². The Labute approximate surface area is 182 Å². The normalized spacial score (nSPS) is 10.9. The van der Waals surface area contributed by atoms with Crippen molar-refractivity contribution in [3.8, 4) is 5.75 Å². The summed E-state index contributed by atoms with van der Waals surface area (Å²) in [6, 6.07) is 3.78. The summed E-state index contributed by atoms with van der Waals surface area (Å²) in [7, 11) is 1.84. The van der Waals surface area contributed by atoms with Gasteiger partial charge in [-0.3, -0.25) is 10.1 Å². The van der Waals surface area contributed by atoms with Crippen LogP contribution in [0.1, 0.15) is 28.9 Å². The number of ether oxygens (including phenoxy) is 1. The highest BCUT2D eigenvalue weighted by Crippen LogP contribution is 2.26. The van der Waals surface area contributed by atoms with Gasteiger partial charge in [-0.1, -0.05) is 41.6 Å². The van der Waals surface area contributed by atoms with E-state index in [0.29, 0.717) is 16.1 Å². The monoisotopic (exact) mass is 452 g/mol. The van der Waals surface area contributed by atoms with Gasteiger partial charge in [-0.25, -0.2) is 0 Å². The lowest BCUT2D eigenvalue weighted by molar-refractivity contribution is -0.113. The predicted octanol–water partition coefficient (Wildman–Crippen LogP) is 3.81. The van der Waals surface area contributed by atoms with Crippen molar-refractivity contribution in [2.45, 2.75) is 39.0 Å². The highest BCUT2D eigenvalue weighted by Gasteiger charge is 2.14. The first-order chi connectivity index (χ1) is 13.9. The molecule has 2 aromatic heterocycles. The Bertz CT molecular complexity index is 997. The number of benzene rings is 1. The second kappa shape index (κ2) is 9.55. The Morgan fingerprint density at radius 2 is 1.97 bits per heavy atom. The fourth-order valence-corrected chi connectivity index (χ4v) is 4.00. The first-order valence-electron chi connectivity index (χ1n) is 8.90. The van der Waals surface area contributed by atoms with Crippen molar-refractivity contribution in [1.82, 2.24) is 25.0 Å². The van der Waals surface area contributed by atoms with Crippen molar-refractivity contribution in [3.05, 3.63) is 39.1 Å². The van der Waals surface area contributed by atoms with Crippen LogP contribution in [-0.2, 0) is 24.9 Å². The molecule has 0 radical (unpaired) electrons. The number of hydrogen-bond acceptors (Lipinski definition) is 8. The first kappa shape index (κ1) is 21.5. The Morgan fingerprint density at radius 3 is 2.62 bits per heavy atom. The summed E-state index contributed by atoms with van der Waals surface area (Å²) in [5, 5.41) is 21.7. The van der Waals surface area contributed by atoms with Gasteiger partial charge in [0.2, 0.25) is 11.0 Å². The summed E-state index contributed by atoms with van der Waals surface area (Å²) in [5.41, 5.74) is 1.92. The fourth-order valence-electron chi connectivity index (χ4n) is 2.47. The molecule has 1 aromatic carbocycles. The van der Waals surface area contributed by atoms with Crippen molar-refractivity contribution in [1.29, 1.82) is 0 Å². The molecule has 11 heteroatoms. The average Bonchev–Trinajstić information content (AvgIpc) is 3.29. The van der Waals surface area contributed by atoms with Crippen LogP contribution in [0.3, 0.4) is 0 Å². The minimum atomic E-state index is -0.165. The molecule has 0 bridgehead atoms. The Kier molecular flexibility index (Phi) is 7.09. The van der Waals surface area contributed by atoms with E-state index in [-0.39, 0.29) is 18.3 Å². The van der Waals surface area contributed by atoms with Crippen LogP contribution in [0.5, 0.6) is 5.75 Å². The van der Waals surface area contributed by atoms with Gasteiger partial charge in [0.1, 0.15) is 17.4 Å². The number of nitrogens with zero attached hydrogens (tertiary/aromatic N) is 5. The van der Waals surface area contributed by atoms with Crippen molar-refractivity contribution >= 4 is 45.7 Å². The third-order valence-corrected chi connectivity index (χ3v) is 6.65. The summed E-state index contributed by atoms with van der Waals surface area (Å²) >= 11 is 8.86. The lowest BCUT2D eigenvalue weighted by Gasteiger charge is -2.10. The van der Waals surface area contributed by atoms with Gasteiger partial charge in [-0.15, -0.1) is 20.4 Å². The average molecular weight is 453 g/mol. The molecular weight excluding hydrogens is 432 g/mol. The topological polar surface area (TPSA) is 94.8 Å². The highest BCUT2D eigenvalue weighted by atomic mass is 35.5. The quantitative estimate of drug-likeness (QED) is 0.519. The zero-order valence-corrected chi connectivity index (χ0v) is 18.9. The van der Waals surface area contributed by atoms with Crippen LogP contribution in [0, 0.1) is 13.8 Å². The lowest BCUT2D eigenvalue weighted by atomic mass is 10.1. The maximum atomic E-state index is 12.1. The summed E-state index contributed by atoms with van der Waals surface area (Å²) in [6.07, 6.45) is 0.793. The molecule has 3 aromatic rings. The third-order valence-electron chi connectivity index (χ3n) is 4.05. The molecule has 0 saturated heterocycles. The molecule has 0 aliphatic heterocycles. The third kappa shape index (κ3) is 5.46. The molecule has 2 heterocycles. The molecule has 3 rings (SSSR count). The number of aromatic nitrogens is 5. The largest absolute Gasteiger partial charge is 0.486 e. The number of nitrogens with one attached hydrogen (secondary N) is 1. The minimum Gasteiger partial charge on any atom is -0.486 e. The van der Waals surface area contributed by atoms with Gasteiger partial charge in [0.05, 0.1) is 5.75 Å². The molecule has 154 valence electrons. The van der Waals surface area contributed by atoms with Crippen LogP contribution in [-0.4, -0.2) is 36.6 Å². The molecule has 29 heavy (non-hydrogen) atoms. The van der Waals surface area contributed by atoms with Crippen LogP contribution in [0.15, 0.2) is 17.3 Å². The molecule has 0 atom stereocenters. The van der Waals surface area contributed by atoms with Crippen LogP contribution < -0.4 is 10.1 Å². The SMILES string of the molecule is CCc1nnc(NC(=O)CSc2nnc(COc3cc(C)c(Cl)c(C)c3)n2C)s1. The van der Waals surface area contributed by atoms with Gasteiger partial charge in [0.15, 0.2) is 11.0 Å². The maximum Gasteiger partial charge on any atom is 0.236 e. The predicted molar refractivity (Wildman–Crippen MR) is 115 cm³/mol. The maximum absolute atomic E-state index is 12.1. The molecule has 0 aliphatic carbocycles. The number of amides is 1. The second-order valence-electron chi connectivity index (χ2n) is 6.31. The van der Waals surface area contributed by atoms with Crippen LogP contribution in [0.2, 0.25) is 5.02 Å². The molecule has 0 unspecified atom stereocenters. The molecule has 0 fully saturated rings. The summed E-state index contributed by atoms with van der Waals surface area (Å²) in [6.45, 7) is 6.14. The molecule has 8 nitrogen and oxygen atoms in total.